The van der Waals surface area contributed by atoms with Crippen LogP contribution in [0.25, 0.3) is 0 Å². The van der Waals surface area contributed by atoms with E-state index < -0.39 is 10.0 Å². The molecule has 0 radical (unpaired) electrons. The molecular weight excluding hydrogens is 344 g/mol. The van der Waals surface area contributed by atoms with Crippen molar-refractivity contribution in [1.29, 1.82) is 0 Å². The van der Waals surface area contributed by atoms with E-state index in [1.165, 1.54) is 6.92 Å². The predicted molar refractivity (Wildman–Crippen MR) is 96.6 cm³/mol. The topological polar surface area (TPSA) is 93.7 Å². The predicted octanol–water partition coefficient (Wildman–Crippen LogP) is 2.47. The first-order chi connectivity index (χ1) is 11.9. The van der Waals surface area contributed by atoms with Crippen LogP contribution in [0, 0.1) is 0 Å². The molecule has 8 heteroatoms. The van der Waals surface area contributed by atoms with Crippen LogP contribution in [0.15, 0.2) is 48.5 Å². The summed E-state index contributed by atoms with van der Waals surface area (Å²) in [5.41, 5.74) is 0.887. The zero-order valence-electron chi connectivity index (χ0n) is 14.0. The fraction of sp³-hybridized carbons (Fsp3) is 0.235. The summed E-state index contributed by atoms with van der Waals surface area (Å²) < 4.78 is 37.2. The van der Waals surface area contributed by atoms with Crippen LogP contribution in [0.4, 0.5) is 11.4 Å². The Morgan fingerprint density at radius 1 is 1.04 bits per heavy atom. The fourth-order valence-electron chi connectivity index (χ4n) is 2.04. The van der Waals surface area contributed by atoms with E-state index in [1.54, 1.807) is 55.6 Å². The van der Waals surface area contributed by atoms with Crippen molar-refractivity contribution in [1.82, 2.24) is 0 Å². The van der Waals surface area contributed by atoms with Gasteiger partial charge in [0.2, 0.25) is 15.9 Å². The van der Waals surface area contributed by atoms with Crippen molar-refractivity contribution in [3.8, 4) is 11.5 Å². The van der Waals surface area contributed by atoms with Crippen LogP contribution in [-0.2, 0) is 14.8 Å². The van der Waals surface area contributed by atoms with Crippen LogP contribution in [0.5, 0.6) is 11.5 Å². The molecule has 0 aliphatic carbocycles. The Bertz CT molecular complexity index is 819. The Hall–Kier alpha value is -2.74. The molecule has 2 N–H and O–H groups in total. The summed E-state index contributed by atoms with van der Waals surface area (Å²) in [6.45, 7) is 1.39. The number of anilines is 2. The standard InChI is InChI=1S/C17H20N2O5S/c1-13(20)18-14-4-3-5-15(12-14)19-25(21,22)11-10-24-17-8-6-16(23-2)7-9-17/h3-9,12,19H,10-11H2,1-2H3,(H,18,20). The van der Waals surface area contributed by atoms with Crippen LogP contribution in [-0.4, -0.2) is 33.8 Å². The van der Waals surface area contributed by atoms with Crippen molar-refractivity contribution < 1.29 is 22.7 Å². The lowest BCUT2D eigenvalue weighted by Gasteiger charge is -2.11. The molecule has 0 bridgehead atoms. The Kier molecular flexibility index (Phi) is 6.24. The molecule has 0 unspecified atom stereocenters. The van der Waals surface area contributed by atoms with Crippen molar-refractivity contribution in [2.75, 3.05) is 29.5 Å². The van der Waals surface area contributed by atoms with Crippen LogP contribution in [0.1, 0.15) is 6.92 Å². The van der Waals surface area contributed by atoms with E-state index >= 15 is 0 Å². The summed E-state index contributed by atoms with van der Waals surface area (Å²) in [5, 5.41) is 2.60. The van der Waals surface area contributed by atoms with Gasteiger partial charge < -0.3 is 14.8 Å². The molecule has 0 saturated heterocycles. The van der Waals surface area contributed by atoms with E-state index in [-0.39, 0.29) is 18.3 Å². The van der Waals surface area contributed by atoms with Gasteiger partial charge in [-0.25, -0.2) is 8.42 Å². The lowest BCUT2D eigenvalue weighted by atomic mass is 10.3. The monoisotopic (exact) mass is 364 g/mol. The summed E-state index contributed by atoms with van der Waals surface area (Å²) in [6.07, 6.45) is 0. The molecule has 2 aromatic rings. The number of amides is 1. The maximum atomic E-state index is 12.1. The third kappa shape index (κ3) is 6.34. The van der Waals surface area contributed by atoms with Gasteiger partial charge in [0.25, 0.3) is 0 Å². The third-order valence-electron chi connectivity index (χ3n) is 3.14. The molecule has 0 aromatic heterocycles. The quantitative estimate of drug-likeness (QED) is 0.750. The third-order valence-corrected chi connectivity index (χ3v) is 4.39. The average molecular weight is 364 g/mol. The summed E-state index contributed by atoms with van der Waals surface area (Å²) in [4.78, 5) is 11.1. The second-order valence-corrected chi connectivity index (χ2v) is 7.05. The Balaban J connectivity index is 1.89. The Labute approximate surface area is 147 Å². The molecule has 0 fully saturated rings. The number of carbonyl (C=O) groups excluding carboxylic acids is 1. The Morgan fingerprint density at radius 2 is 1.68 bits per heavy atom. The van der Waals surface area contributed by atoms with Crippen molar-refractivity contribution in [3.63, 3.8) is 0 Å². The van der Waals surface area contributed by atoms with Gasteiger partial charge >= 0.3 is 0 Å². The molecular formula is C17H20N2O5S. The first kappa shape index (κ1) is 18.6. The highest BCUT2D eigenvalue weighted by atomic mass is 32.2. The largest absolute Gasteiger partial charge is 0.497 e. The van der Waals surface area contributed by atoms with Crippen LogP contribution >= 0.6 is 0 Å². The summed E-state index contributed by atoms with van der Waals surface area (Å²) >= 11 is 0. The van der Waals surface area contributed by atoms with Gasteiger partial charge in [-0.05, 0) is 42.5 Å². The highest BCUT2D eigenvalue weighted by molar-refractivity contribution is 7.92. The van der Waals surface area contributed by atoms with Gasteiger partial charge in [0.05, 0.1) is 12.8 Å². The van der Waals surface area contributed by atoms with Crippen LogP contribution in [0.3, 0.4) is 0 Å². The number of nitrogens with one attached hydrogen (secondary N) is 2. The zero-order chi connectivity index (χ0) is 18.3. The number of benzene rings is 2. The first-order valence-corrected chi connectivity index (χ1v) is 9.18. The van der Waals surface area contributed by atoms with Crippen LogP contribution in [0.2, 0.25) is 0 Å². The maximum Gasteiger partial charge on any atom is 0.236 e. The van der Waals surface area contributed by atoms with Crippen molar-refractivity contribution in [2.24, 2.45) is 0 Å². The second-order valence-electron chi connectivity index (χ2n) is 5.21. The molecule has 0 aliphatic heterocycles. The molecule has 0 heterocycles. The number of hydrogen-bond acceptors (Lipinski definition) is 5. The van der Waals surface area contributed by atoms with E-state index in [0.29, 0.717) is 22.9 Å². The fourth-order valence-corrected chi connectivity index (χ4v) is 2.93. The van der Waals surface area contributed by atoms with Gasteiger partial charge in [0, 0.05) is 12.6 Å². The smallest absolute Gasteiger partial charge is 0.236 e. The number of sulfonamides is 1. The molecule has 2 rings (SSSR count). The number of carbonyl (C=O) groups is 1. The lowest BCUT2D eigenvalue weighted by molar-refractivity contribution is -0.114. The number of rotatable bonds is 8. The van der Waals surface area contributed by atoms with E-state index in [4.69, 9.17) is 9.47 Å². The summed E-state index contributed by atoms with van der Waals surface area (Å²) in [7, 11) is -2.01. The highest BCUT2D eigenvalue weighted by Gasteiger charge is 2.11. The zero-order valence-corrected chi connectivity index (χ0v) is 14.8. The first-order valence-electron chi connectivity index (χ1n) is 7.53. The molecule has 1 amide bonds. The number of hydrogen-bond donors (Lipinski definition) is 2. The summed E-state index contributed by atoms with van der Waals surface area (Å²) in [6, 6.07) is 13.3. The SMILES string of the molecule is COc1ccc(OCCS(=O)(=O)Nc2cccc(NC(C)=O)c2)cc1. The van der Waals surface area contributed by atoms with Gasteiger partial charge in [-0.2, -0.15) is 0 Å². The Morgan fingerprint density at radius 3 is 2.32 bits per heavy atom. The average Bonchev–Trinajstić information content (AvgIpc) is 2.54. The highest BCUT2D eigenvalue weighted by Crippen LogP contribution is 2.18. The molecule has 0 aliphatic rings. The second kappa shape index (κ2) is 8.39. The minimum absolute atomic E-state index is 0.00699. The van der Waals surface area contributed by atoms with Crippen molar-refractivity contribution >= 4 is 27.3 Å². The van der Waals surface area contributed by atoms with E-state index in [2.05, 4.69) is 10.0 Å². The molecule has 2 aromatic carbocycles. The van der Waals surface area contributed by atoms with E-state index in [9.17, 15) is 13.2 Å². The van der Waals surface area contributed by atoms with Gasteiger partial charge in [-0.15, -0.1) is 0 Å². The normalized spacial score (nSPS) is 10.8. The molecule has 0 spiro atoms. The minimum Gasteiger partial charge on any atom is -0.497 e. The van der Waals surface area contributed by atoms with Crippen molar-refractivity contribution in [2.45, 2.75) is 6.92 Å². The van der Waals surface area contributed by atoms with E-state index in [1.807, 2.05) is 0 Å². The number of methoxy groups -OCH3 is 1. The molecule has 0 saturated carbocycles. The van der Waals surface area contributed by atoms with Gasteiger partial charge in [0.1, 0.15) is 23.9 Å². The maximum absolute atomic E-state index is 12.1. The summed E-state index contributed by atoms with van der Waals surface area (Å²) in [5.74, 6) is 0.820. The van der Waals surface area contributed by atoms with Crippen molar-refractivity contribution in [3.05, 3.63) is 48.5 Å². The van der Waals surface area contributed by atoms with Gasteiger partial charge in [-0.1, -0.05) is 6.07 Å². The number of ether oxygens (including phenoxy) is 2. The molecule has 134 valence electrons. The minimum atomic E-state index is -3.58. The molecule has 7 nitrogen and oxygen atoms in total. The van der Waals surface area contributed by atoms with E-state index in [0.717, 1.165) is 0 Å². The van der Waals surface area contributed by atoms with Crippen LogP contribution < -0.4 is 19.5 Å². The van der Waals surface area contributed by atoms with Gasteiger partial charge in [0.15, 0.2) is 0 Å². The molecule has 25 heavy (non-hydrogen) atoms. The molecule has 0 atom stereocenters. The lowest BCUT2D eigenvalue weighted by Crippen LogP contribution is -2.21. The van der Waals surface area contributed by atoms with Gasteiger partial charge in [-0.3, -0.25) is 9.52 Å².